The molecule has 4 rings (SSSR count). The first-order valence-electron chi connectivity index (χ1n) is 9.00. The molecule has 0 amide bonds. The van der Waals surface area contributed by atoms with Crippen LogP contribution in [0.3, 0.4) is 0 Å². The highest BCUT2D eigenvalue weighted by molar-refractivity contribution is 7.89. The van der Waals surface area contributed by atoms with Crippen molar-refractivity contribution in [2.45, 2.75) is 37.1 Å². The fraction of sp³-hybridized carbons (Fsp3) is 0.474. The quantitative estimate of drug-likeness (QED) is 0.823. The summed E-state index contributed by atoms with van der Waals surface area (Å²) in [4.78, 5) is 4.15. The average Bonchev–Trinajstić information content (AvgIpc) is 3.15. The smallest absolute Gasteiger partial charge is 0.243 e. The molecule has 0 N–H and O–H groups in total. The number of rotatable bonds is 4. The van der Waals surface area contributed by atoms with Crippen LogP contribution in [0.5, 0.6) is 0 Å². The third-order valence-corrected chi connectivity index (χ3v) is 8.00. The summed E-state index contributed by atoms with van der Waals surface area (Å²) in [5.74, 6) is 0. The Labute approximate surface area is 154 Å². The first kappa shape index (κ1) is 17.2. The number of thiophene rings is 1. The van der Waals surface area contributed by atoms with Crippen LogP contribution in [0.1, 0.15) is 28.8 Å². The molecule has 1 saturated heterocycles. The van der Waals surface area contributed by atoms with E-state index in [0.717, 1.165) is 38.9 Å². The molecule has 0 atom stereocenters. The lowest BCUT2D eigenvalue weighted by atomic mass is 9.92. The van der Waals surface area contributed by atoms with E-state index in [4.69, 9.17) is 0 Å². The van der Waals surface area contributed by atoms with Gasteiger partial charge in [-0.05, 0) is 60.4 Å². The molecule has 2 aromatic rings. The van der Waals surface area contributed by atoms with Crippen molar-refractivity contribution >= 4 is 21.4 Å². The van der Waals surface area contributed by atoms with Gasteiger partial charge in [-0.2, -0.15) is 4.31 Å². The lowest BCUT2D eigenvalue weighted by Crippen LogP contribution is -2.48. The predicted molar refractivity (Wildman–Crippen MR) is 101 cm³/mol. The molecule has 0 radical (unpaired) electrons. The first-order chi connectivity index (χ1) is 12.1. The lowest BCUT2D eigenvalue weighted by Gasteiger charge is -2.33. The topological polar surface area (TPSA) is 40.6 Å². The normalized spacial score (nSPS) is 19.7. The van der Waals surface area contributed by atoms with Crippen LogP contribution >= 0.6 is 11.3 Å². The van der Waals surface area contributed by atoms with Crippen molar-refractivity contribution in [1.82, 2.24) is 9.21 Å². The average molecular weight is 377 g/mol. The van der Waals surface area contributed by atoms with E-state index in [1.54, 1.807) is 21.7 Å². The van der Waals surface area contributed by atoms with Crippen molar-refractivity contribution in [2.75, 3.05) is 26.2 Å². The molecule has 2 heterocycles. The SMILES string of the molecule is O=S(=O)(c1ccc2c(c1)CCCC2)N1CCN(Cc2cccs2)CC1. The van der Waals surface area contributed by atoms with Crippen molar-refractivity contribution < 1.29 is 8.42 Å². The van der Waals surface area contributed by atoms with Crippen LogP contribution in [0.25, 0.3) is 0 Å². The van der Waals surface area contributed by atoms with Crippen LogP contribution in [0.2, 0.25) is 0 Å². The molecule has 0 unspecified atom stereocenters. The highest BCUT2D eigenvalue weighted by Gasteiger charge is 2.29. The number of fused-ring (bicyclic) bond motifs is 1. The predicted octanol–water partition coefficient (Wildman–Crippen LogP) is 3.13. The molecule has 1 aliphatic heterocycles. The second kappa shape index (κ2) is 7.19. The Morgan fingerprint density at radius 2 is 1.72 bits per heavy atom. The second-order valence-electron chi connectivity index (χ2n) is 6.90. The van der Waals surface area contributed by atoms with Gasteiger partial charge in [0.1, 0.15) is 0 Å². The van der Waals surface area contributed by atoms with Gasteiger partial charge in [-0.25, -0.2) is 8.42 Å². The molecule has 25 heavy (non-hydrogen) atoms. The molecule has 1 aromatic heterocycles. The van der Waals surface area contributed by atoms with Crippen molar-refractivity contribution in [1.29, 1.82) is 0 Å². The molecule has 0 saturated carbocycles. The van der Waals surface area contributed by atoms with Gasteiger partial charge in [0, 0.05) is 37.6 Å². The van der Waals surface area contributed by atoms with Gasteiger partial charge in [0.2, 0.25) is 10.0 Å². The van der Waals surface area contributed by atoms with E-state index in [1.807, 2.05) is 12.1 Å². The Morgan fingerprint density at radius 1 is 0.960 bits per heavy atom. The number of nitrogens with zero attached hydrogens (tertiary/aromatic N) is 2. The van der Waals surface area contributed by atoms with Crippen molar-refractivity contribution in [2.24, 2.45) is 0 Å². The highest BCUT2D eigenvalue weighted by atomic mass is 32.2. The van der Waals surface area contributed by atoms with Gasteiger partial charge in [0.15, 0.2) is 0 Å². The molecule has 134 valence electrons. The van der Waals surface area contributed by atoms with Crippen molar-refractivity contribution in [3.63, 3.8) is 0 Å². The molecule has 4 nitrogen and oxygen atoms in total. The molecule has 1 aromatic carbocycles. The standard InChI is InChI=1S/C19H24N2O2S2/c22-25(23,19-8-7-16-4-1-2-5-17(16)14-19)21-11-9-20(10-12-21)15-18-6-3-13-24-18/h3,6-8,13-14H,1-2,4-5,9-12,15H2. The largest absolute Gasteiger partial charge is 0.296 e. The van der Waals surface area contributed by atoms with Crippen LogP contribution in [-0.2, 0) is 29.4 Å². The Balaban J connectivity index is 1.44. The first-order valence-corrected chi connectivity index (χ1v) is 11.3. The third-order valence-electron chi connectivity index (χ3n) is 5.25. The van der Waals surface area contributed by atoms with E-state index in [2.05, 4.69) is 22.4 Å². The fourth-order valence-electron chi connectivity index (χ4n) is 3.77. The summed E-state index contributed by atoms with van der Waals surface area (Å²) in [7, 11) is -3.37. The Kier molecular flexibility index (Phi) is 4.95. The monoisotopic (exact) mass is 376 g/mol. The zero-order valence-electron chi connectivity index (χ0n) is 14.4. The maximum absolute atomic E-state index is 13.0. The van der Waals surface area contributed by atoms with E-state index < -0.39 is 10.0 Å². The summed E-state index contributed by atoms with van der Waals surface area (Å²) in [6.45, 7) is 3.66. The van der Waals surface area contributed by atoms with Crippen LogP contribution in [0.15, 0.2) is 40.6 Å². The number of sulfonamides is 1. The second-order valence-corrected chi connectivity index (χ2v) is 9.87. The number of aryl methyl sites for hydroxylation is 2. The van der Waals surface area contributed by atoms with Crippen molar-refractivity contribution in [3.05, 3.63) is 51.7 Å². The molecular weight excluding hydrogens is 352 g/mol. The molecule has 0 spiro atoms. The zero-order chi connectivity index (χ0) is 17.3. The minimum absolute atomic E-state index is 0.472. The van der Waals surface area contributed by atoms with E-state index in [0.29, 0.717) is 18.0 Å². The molecule has 1 fully saturated rings. The minimum atomic E-state index is -3.37. The molecule has 0 bridgehead atoms. The van der Waals surface area contributed by atoms with Gasteiger partial charge in [0.05, 0.1) is 4.90 Å². The van der Waals surface area contributed by atoms with E-state index in [9.17, 15) is 8.42 Å². The maximum atomic E-state index is 13.0. The van der Waals surface area contributed by atoms with E-state index in [1.165, 1.54) is 22.4 Å². The van der Waals surface area contributed by atoms with E-state index in [-0.39, 0.29) is 0 Å². The Morgan fingerprint density at radius 3 is 2.44 bits per heavy atom. The van der Waals surface area contributed by atoms with Gasteiger partial charge >= 0.3 is 0 Å². The van der Waals surface area contributed by atoms with Gasteiger partial charge in [-0.3, -0.25) is 4.90 Å². The molecule has 2 aliphatic rings. The van der Waals surface area contributed by atoms with E-state index >= 15 is 0 Å². The number of hydrogen-bond acceptors (Lipinski definition) is 4. The molecule has 1 aliphatic carbocycles. The van der Waals surface area contributed by atoms with Crippen molar-refractivity contribution in [3.8, 4) is 0 Å². The van der Waals surface area contributed by atoms with Crippen LogP contribution in [0.4, 0.5) is 0 Å². The highest BCUT2D eigenvalue weighted by Crippen LogP contribution is 2.26. The number of hydrogen-bond donors (Lipinski definition) is 0. The Bertz CT molecular complexity index is 823. The zero-order valence-corrected chi connectivity index (χ0v) is 16.0. The van der Waals surface area contributed by atoms with Gasteiger partial charge in [-0.15, -0.1) is 11.3 Å². The third kappa shape index (κ3) is 3.67. The maximum Gasteiger partial charge on any atom is 0.243 e. The van der Waals surface area contributed by atoms with Gasteiger partial charge in [0.25, 0.3) is 0 Å². The fourth-order valence-corrected chi connectivity index (χ4v) is 5.99. The summed E-state index contributed by atoms with van der Waals surface area (Å²) in [6.07, 6.45) is 4.47. The Hall–Kier alpha value is -1.21. The lowest BCUT2D eigenvalue weighted by molar-refractivity contribution is 0.183. The minimum Gasteiger partial charge on any atom is -0.296 e. The number of benzene rings is 1. The van der Waals surface area contributed by atoms with Crippen LogP contribution in [0, 0.1) is 0 Å². The molecular formula is C19H24N2O2S2. The van der Waals surface area contributed by atoms with Crippen LogP contribution in [-0.4, -0.2) is 43.8 Å². The summed E-state index contributed by atoms with van der Waals surface area (Å²) >= 11 is 1.76. The summed E-state index contributed by atoms with van der Waals surface area (Å²) in [5, 5.41) is 2.09. The van der Waals surface area contributed by atoms with Gasteiger partial charge in [-0.1, -0.05) is 12.1 Å². The van der Waals surface area contributed by atoms with Gasteiger partial charge < -0.3 is 0 Å². The summed E-state index contributed by atoms with van der Waals surface area (Å²) < 4.78 is 27.7. The molecule has 6 heteroatoms. The van der Waals surface area contributed by atoms with Crippen LogP contribution < -0.4 is 0 Å². The number of piperazine rings is 1. The summed E-state index contributed by atoms with van der Waals surface area (Å²) in [6, 6.07) is 9.95. The summed E-state index contributed by atoms with van der Waals surface area (Å²) in [5.41, 5.74) is 2.55.